The van der Waals surface area contributed by atoms with Gasteiger partial charge in [0.05, 0.1) is 0 Å². The third kappa shape index (κ3) is 4.33. The van der Waals surface area contributed by atoms with Crippen LogP contribution in [-0.4, -0.2) is 11.5 Å². The Morgan fingerprint density at radius 2 is 1.89 bits per heavy atom. The third-order valence-electron chi connectivity index (χ3n) is 5.46. The molecule has 4 heteroatoms. The Labute approximate surface area is 161 Å². The SMILES string of the molecule is CC1(C)Cc2cc(CNCc3cccc(NC(=O)C4CCC4)c3)ccc2O1. The van der Waals surface area contributed by atoms with Gasteiger partial charge in [-0.1, -0.05) is 30.7 Å². The van der Waals surface area contributed by atoms with Crippen LogP contribution in [0.25, 0.3) is 0 Å². The van der Waals surface area contributed by atoms with Crippen LogP contribution in [0.3, 0.4) is 0 Å². The molecule has 0 unspecified atom stereocenters. The van der Waals surface area contributed by atoms with Gasteiger partial charge in [0.1, 0.15) is 11.4 Å². The largest absolute Gasteiger partial charge is 0.487 e. The van der Waals surface area contributed by atoms with E-state index in [2.05, 4.69) is 54.8 Å². The summed E-state index contributed by atoms with van der Waals surface area (Å²) in [6.07, 6.45) is 4.18. The molecule has 0 bridgehead atoms. The zero-order valence-electron chi connectivity index (χ0n) is 16.2. The highest BCUT2D eigenvalue weighted by atomic mass is 16.5. The average Bonchev–Trinajstić information content (AvgIpc) is 2.86. The predicted octanol–water partition coefficient (Wildman–Crippen LogP) is 4.43. The van der Waals surface area contributed by atoms with Gasteiger partial charge in [0.25, 0.3) is 0 Å². The van der Waals surface area contributed by atoms with E-state index >= 15 is 0 Å². The Bertz CT molecular complexity index is 840. The molecule has 1 amide bonds. The number of amides is 1. The van der Waals surface area contributed by atoms with Crippen LogP contribution in [0.1, 0.15) is 49.8 Å². The summed E-state index contributed by atoms with van der Waals surface area (Å²) < 4.78 is 5.94. The second-order valence-corrected chi connectivity index (χ2v) is 8.40. The van der Waals surface area contributed by atoms with Gasteiger partial charge in [-0.3, -0.25) is 4.79 Å². The Morgan fingerprint density at radius 1 is 1.11 bits per heavy atom. The molecular weight excluding hydrogens is 336 g/mol. The van der Waals surface area contributed by atoms with Gasteiger partial charge in [-0.25, -0.2) is 0 Å². The van der Waals surface area contributed by atoms with Crippen molar-refractivity contribution in [2.24, 2.45) is 5.92 Å². The molecule has 0 radical (unpaired) electrons. The zero-order chi connectivity index (χ0) is 18.9. The zero-order valence-corrected chi connectivity index (χ0v) is 16.2. The van der Waals surface area contributed by atoms with E-state index in [4.69, 9.17) is 4.74 Å². The molecular formula is C23H28N2O2. The quantitative estimate of drug-likeness (QED) is 0.797. The lowest BCUT2D eigenvalue weighted by Gasteiger charge is -2.24. The first-order valence-corrected chi connectivity index (χ1v) is 9.90. The first-order chi connectivity index (χ1) is 13.0. The van der Waals surface area contributed by atoms with Gasteiger partial charge >= 0.3 is 0 Å². The molecule has 2 N–H and O–H groups in total. The van der Waals surface area contributed by atoms with E-state index in [-0.39, 0.29) is 17.4 Å². The highest BCUT2D eigenvalue weighted by Crippen LogP contribution is 2.35. The summed E-state index contributed by atoms with van der Waals surface area (Å²) in [5.41, 5.74) is 4.53. The van der Waals surface area contributed by atoms with Crippen molar-refractivity contribution >= 4 is 11.6 Å². The predicted molar refractivity (Wildman–Crippen MR) is 108 cm³/mol. The van der Waals surface area contributed by atoms with Gasteiger partial charge in [-0.05, 0) is 61.6 Å². The number of rotatable bonds is 6. The van der Waals surface area contributed by atoms with E-state index in [1.165, 1.54) is 23.1 Å². The molecule has 27 heavy (non-hydrogen) atoms. The Balaban J connectivity index is 1.31. The molecule has 4 nitrogen and oxygen atoms in total. The lowest BCUT2D eigenvalue weighted by Crippen LogP contribution is -2.28. The van der Waals surface area contributed by atoms with Crippen molar-refractivity contribution < 1.29 is 9.53 Å². The molecule has 4 rings (SSSR count). The first-order valence-electron chi connectivity index (χ1n) is 9.90. The fourth-order valence-corrected chi connectivity index (χ4v) is 3.80. The monoisotopic (exact) mass is 364 g/mol. The number of anilines is 1. The van der Waals surface area contributed by atoms with Gasteiger partial charge in [0.2, 0.25) is 5.91 Å². The molecule has 2 aliphatic rings. The van der Waals surface area contributed by atoms with Gasteiger partial charge in [-0.2, -0.15) is 0 Å². The fraction of sp³-hybridized carbons (Fsp3) is 0.435. The Morgan fingerprint density at radius 3 is 2.63 bits per heavy atom. The number of carbonyl (C=O) groups excluding carboxylic acids is 1. The van der Waals surface area contributed by atoms with Crippen molar-refractivity contribution in [2.75, 3.05) is 5.32 Å². The minimum atomic E-state index is -0.0985. The van der Waals surface area contributed by atoms with Gasteiger partial charge in [0.15, 0.2) is 0 Å². The minimum Gasteiger partial charge on any atom is -0.487 e. The molecule has 2 aromatic carbocycles. The fourth-order valence-electron chi connectivity index (χ4n) is 3.80. The van der Waals surface area contributed by atoms with Gasteiger partial charge < -0.3 is 15.4 Å². The maximum atomic E-state index is 12.1. The number of carbonyl (C=O) groups is 1. The number of hydrogen-bond donors (Lipinski definition) is 2. The van der Waals surface area contributed by atoms with E-state index in [9.17, 15) is 4.79 Å². The summed E-state index contributed by atoms with van der Waals surface area (Å²) in [5, 5.41) is 6.55. The normalized spacial score (nSPS) is 17.7. The molecule has 2 aromatic rings. The summed E-state index contributed by atoms with van der Waals surface area (Å²) in [4.78, 5) is 12.1. The van der Waals surface area contributed by atoms with Crippen LogP contribution in [0.5, 0.6) is 5.75 Å². The van der Waals surface area contributed by atoms with Crippen LogP contribution in [0.4, 0.5) is 5.69 Å². The van der Waals surface area contributed by atoms with Crippen molar-refractivity contribution in [1.82, 2.24) is 5.32 Å². The summed E-state index contributed by atoms with van der Waals surface area (Å²) >= 11 is 0. The second kappa shape index (κ2) is 7.35. The average molecular weight is 364 g/mol. The Kier molecular flexibility index (Phi) is 4.92. The number of ether oxygens (including phenoxy) is 1. The van der Waals surface area contributed by atoms with Crippen molar-refractivity contribution in [2.45, 2.75) is 58.2 Å². The van der Waals surface area contributed by atoms with E-state index in [1.54, 1.807) is 0 Å². The highest BCUT2D eigenvalue weighted by molar-refractivity contribution is 5.93. The Hall–Kier alpha value is -2.33. The number of fused-ring (bicyclic) bond motifs is 1. The third-order valence-corrected chi connectivity index (χ3v) is 5.46. The molecule has 1 heterocycles. The summed E-state index contributed by atoms with van der Waals surface area (Å²) in [6.45, 7) is 5.84. The van der Waals surface area contributed by atoms with Crippen molar-refractivity contribution in [1.29, 1.82) is 0 Å². The van der Waals surface area contributed by atoms with Crippen LogP contribution in [0.15, 0.2) is 42.5 Å². The van der Waals surface area contributed by atoms with Crippen molar-refractivity contribution in [3.8, 4) is 5.75 Å². The van der Waals surface area contributed by atoms with Crippen molar-refractivity contribution in [3.05, 3.63) is 59.2 Å². The highest BCUT2D eigenvalue weighted by Gasteiger charge is 2.29. The smallest absolute Gasteiger partial charge is 0.227 e. The number of benzene rings is 2. The maximum absolute atomic E-state index is 12.1. The van der Waals surface area contributed by atoms with Gasteiger partial charge in [-0.15, -0.1) is 0 Å². The topological polar surface area (TPSA) is 50.4 Å². The van der Waals surface area contributed by atoms with Crippen LogP contribution >= 0.6 is 0 Å². The molecule has 0 atom stereocenters. The standard InChI is InChI=1S/C23H28N2O2/c1-23(2)13-19-11-17(9-10-21(19)27-23)15-24-14-16-5-3-8-20(12-16)25-22(26)18-6-4-7-18/h3,5,8-12,18,24H,4,6-7,13-15H2,1-2H3,(H,25,26). The first kappa shape index (κ1) is 18.1. The van der Waals surface area contributed by atoms with E-state index < -0.39 is 0 Å². The molecule has 1 saturated carbocycles. The number of nitrogens with one attached hydrogen (secondary N) is 2. The molecule has 0 saturated heterocycles. The molecule has 142 valence electrons. The van der Waals surface area contributed by atoms with E-state index in [0.717, 1.165) is 43.8 Å². The van der Waals surface area contributed by atoms with Gasteiger partial charge in [0, 0.05) is 31.1 Å². The van der Waals surface area contributed by atoms with Crippen LogP contribution in [-0.2, 0) is 24.3 Å². The lowest BCUT2D eigenvalue weighted by molar-refractivity contribution is -0.122. The van der Waals surface area contributed by atoms with Crippen LogP contribution in [0, 0.1) is 5.92 Å². The lowest BCUT2D eigenvalue weighted by atomic mass is 9.85. The second-order valence-electron chi connectivity index (χ2n) is 8.40. The minimum absolute atomic E-state index is 0.0985. The summed E-state index contributed by atoms with van der Waals surface area (Å²) in [6, 6.07) is 14.6. The molecule has 1 fully saturated rings. The summed E-state index contributed by atoms with van der Waals surface area (Å²) in [7, 11) is 0. The van der Waals surface area contributed by atoms with Crippen LogP contribution < -0.4 is 15.4 Å². The molecule has 0 spiro atoms. The van der Waals surface area contributed by atoms with E-state index in [1.807, 2.05) is 12.1 Å². The van der Waals surface area contributed by atoms with Crippen LogP contribution in [0.2, 0.25) is 0 Å². The van der Waals surface area contributed by atoms with Crippen molar-refractivity contribution in [3.63, 3.8) is 0 Å². The summed E-state index contributed by atoms with van der Waals surface area (Å²) in [5.74, 6) is 1.38. The number of hydrogen-bond acceptors (Lipinski definition) is 3. The molecule has 0 aromatic heterocycles. The molecule has 1 aliphatic carbocycles. The van der Waals surface area contributed by atoms with E-state index in [0.29, 0.717) is 0 Å². The maximum Gasteiger partial charge on any atom is 0.227 e. The molecule has 1 aliphatic heterocycles.